The minimum atomic E-state index is 0.482. The van der Waals surface area contributed by atoms with Gasteiger partial charge in [-0.15, -0.1) is 0 Å². The Morgan fingerprint density at radius 1 is 1.06 bits per heavy atom. The van der Waals surface area contributed by atoms with Gasteiger partial charge in [0.05, 0.1) is 6.61 Å². The summed E-state index contributed by atoms with van der Waals surface area (Å²) in [4.78, 5) is 0. The predicted octanol–water partition coefficient (Wildman–Crippen LogP) is 3.93. The summed E-state index contributed by atoms with van der Waals surface area (Å²) >= 11 is 0. The summed E-state index contributed by atoms with van der Waals surface area (Å²) in [5.41, 5.74) is 1.36. The summed E-state index contributed by atoms with van der Waals surface area (Å²) in [6, 6.07) is 8.96. The normalized spacial score (nSPS) is 12.4. The van der Waals surface area contributed by atoms with E-state index in [1.165, 1.54) is 24.8 Å². The maximum absolute atomic E-state index is 5.46. The van der Waals surface area contributed by atoms with Gasteiger partial charge in [0.2, 0.25) is 0 Å². The highest BCUT2D eigenvalue weighted by molar-refractivity contribution is 5.29. The van der Waals surface area contributed by atoms with Crippen LogP contribution in [0.5, 0.6) is 5.75 Å². The summed E-state index contributed by atoms with van der Waals surface area (Å²) in [6.07, 6.45) is 3.57. The molecule has 0 aromatic heterocycles. The molecular weight excluding hydrogens is 210 g/mol. The van der Waals surface area contributed by atoms with Gasteiger partial charge in [-0.3, -0.25) is 0 Å². The molecule has 0 saturated carbocycles. The lowest BCUT2D eigenvalue weighted by atomic mass is 10.0. The Morgan fingerprint density at radius 3 is 2.29 bits per heavy atom. The molecule has 1 aromatic rings. The van der Waals surface area contributed by atoms with E-state index in [1.807, 2.05) is 6.92 Å². The molecule has 1 rings (SSSR count). The van der Waals surface area contributed by atoms with Crippen LogP contribution in [0.2, 0.25) is 0 Å². The van der Waals surface area contributed by atoms with Gasteiger partial charge in [-0.25, -0.2) is 0 Å². The third-order valence-electron chi connectivity index (χ3n) is 2.81. The number of hydrogen-bond acceptors (Lipinski definition) is 2. The first-order valence-corrected chi connectivity index (χ1v) is 6.77. The topological polar surface area (TPSA) is 21.3 Å². The van der Waals surface area contributed by atoms with E-state index in [2.05, 4.69) is 43.4 Å². The highest BCUT2D eigenvalue weighted by Gasteiger charge is 2.09. The zero-order chi connectivity index (χ0) is 12.5. The van der Waals surface area contributed by atoms with Gasteiger partial charge in [0.15, 0.2) is 0 Å². The molecule has 0 radical (unpaired) electrons. The molecular formula is C15H25NO. The Morgan fingerprint density at radius 2 is 1.76 bits per heavy atom. The third-order valence-corrected chi connectivity index (χ3v) is 2.81. The molecule has 1 aromatic carbocycles. The Kier molecular flexibility index (Phi) is 6.71. The van der Waals surface area contributed by atoms with Crippen molar-refractivity contribution in [1.82, 2.24) is 5.32 Å². The van der Waals surface area contributed by atoms with E-state index in [-0.39, 0.29) is 0 Å². The second-order valence-corrected chi connectivity index (χ2v) is 4.30. The van der Waals surface area contributed by atoms with Crippen molar-refractivity contribution in [3.05, 3.63) is 29.8 Å². The zero-order valence-electron chi connectivity index (χ0n) is 11.3. The van der Waals surface area contributed by atoms with Crippen LogP contribution in [0, 0.1) is 0 Å². The molecule has 0 heterocycles. The molecule has 1 N–H and O–H groups in total. The molecule has 1 atom stereocenters. The number of benzene rings is 1. The molecule has 0 fully saturated rings. The van der Waals surface area contributed by atoms with Crippen molar-refractivity contribution >= 4 is 0 Å². The van der Waals surface area contributed by atoms with E-state index in [0.717, 1.165) is 18.9 Å². The average Bonchev–Trinajstić information content (AvgIpc) is 2.36. The van der Waals surface area contributed by atoms with Gasteiger partial charge in [0.1, 0.15) is 5.75 Å². The molecule has 0 spiro atoms. The van der Waals surface area contributed by atoms with Gasteiger partial charge in [-0.05, 0) is 44.0 Å². The van der Waals surface area contributed by atoms with Crippen molar-refractivity contribution < 1.29 is 4.74 Å². The lowest BCUT2D eigenvalue weighted by Gasteiger charge is -2.18. The van der Waals surface area contributed by atoms with Gasteiger partial charge in [-0.1, -0.05) is 32.4 Å². The fourth-order valence-corrected chi connectivity index (χ4v) is 1.96. The maximum atomic E-state index is 5.46. The monoisotopic (exact) mass is 235 g/mol. The first-order valence-electron chi connectivity index (χ1n) is 6.77. The molecule has 0 aliphatic rings. The number of ether oxygens (including phenoxy) is 1. The van der Waals surface area contributed by atoms with Crippen LogP contribution in [0.25, 0.3) is 0 Å². The van der Waals surface area contributed by atoms with Gasteiger partial charge < -0.3 is 10.1 Å². The Labute approximate surface area is 105 Å². The van der Waals surface area contributed by atoms with Crippen LogP contribution < -0.4 is 10.1 Å². The van der Waals surface area contributed by atoms with Gasteiger partial charge in [-0.2, -0.15) is 0 Å². The standard InChI is InChI=1S/C15H25NO/c1-4-7-15(16-12-5-2)13-8-10-14(11-9-13)17-6-3/h8-11,15-16H,4-7,12H2,1-3H3. The summed E-state index contributed by atoms with van der Waals surface area (Å²) in [5.74, 6) is 0.960. The molecule has 2 nitrogen and oxygen atoms in total. The number of nitrogens with one attached hydrogen (secondary N) is 1. The molecule has 0 bridgehead atoms. The minimum absolute atomic E-state index is 0.482. The Bertz CT molecular complexity index is 294. The Balaban J connectivity index is 2.65. The van der Waals surface area contributed by atoms with Crippen LogP contribution in [-0.4, -0.2) is 13.2 Å². The lowest BCUT2D eigenvalue weighted by Crippen LogP contribution is -2.21. The summed E-state index contributed by atoms with van der Waals surface area (Å²) in [5, 5.41) is 3.60. The van der Waals surface area contributed by atoms with Crippen molar-refractivity contribution in [3.63, 3.8) is 0 Å². The average molecular weight is 235 g/mol. The van der Waals surface area contributed by atoms with Gasteiger partial charge in [0.25, 0.3) is 0 Å². The SMILES string of the molecule is CCCNC(CCC)c1ccc(OCC)cc1. The van der Waals surface area contributed by atoms with Crippen LogP contribution in [0.3, 0.4) is 0 Å². The zero-order valence-corrected chi connectivity index (χ0v) is 11.3. The molecule has 0 aliphatic carbocycles. The highest BCUT2D eigenvalue weighted by atomic mass is 16.5. The van der Waals surface area contributed by atoms with Crippen molar-refractivity contribution in [3.8, 4) is 5.75 Å². The van der Waals surface area contributed by atoms with Crippen molar-refractivity contribution in [2.45, 2.75) is 46.1 Å². The summed E-state index contributed by atoms with van der Waals surface area (Å²) in [6.45, 7) is 8.25. The van der Waals surface area contributed by atoms with E-state index >= 15 is 0 Å². The molecule has 2 heteroatoms. The van der Waals surface area contributed by atoms with Crippen molar-refractivity contribution in [2.24, 2.45) is 0 Å². The van der Waals surface area contributed by atoms with E-state index in [1.54, 1.807) is 0 Å². The van der Waals surface area contributed by atoms with Gasteiger partial charge >= 0.3 is 0 Å². The van der Waals surface area contributed by atoms with Crippen LogP contribution in [0.15, 0.2) is 24.3 Å². The van der Waals surface area contributed by atoms with Crippen LogP contribution in [0.1, 0.15) is 51.6 Å². The van der Waals surface area contributed by atoms with E-state index in [4.69, 9.17) is 4.74 Å². The van der Waals surface area contributed by atoms with Crippen LogP contribution >= 0.6 is 0 Å². The predicted molar refractivity (Wildman–Crippen MR) is 73.6 cm³/mol. The highest BCUT2D eigenvalue weighted by Crippen LogP contribution is 2.21. The molecule has 0 aliphatic heterocycles. The smallest absolute Gasteiger partial charge is 0.119 e. The lowest BCUT2D eigenvalue weighted by molar-refractivity contribution is 0.340. The van der Waals surface area contributed by atoms with Gasteiger partial charge in [0, 0.05) is 6.04 Å². The van der Waals surface area contributed by atoms with E-state index in [0.29, 0.717) is 6.04 Å². The van der Waals surface area contributed by atoms with E-state index < -0.39 is 0 Å². The second-order valence-electron chi connectivity index (χ2n) is 4.30. The molecule has 0 saturated heterocycles. The minimum Gasteiger partial charge on any atom is -0.494 e. The van der Waals surface area contributed by atoms with E-state index in [9.17, 15) is 0 Å². The first-order chi connectivity index (χ1) is 8.31. The summed E-state index contributed by atoms with van der Waals surface area (Å²) in [7, 11) is 0. The summed E-state index contributed by atoms with van der Waals surface area (Å²) < 4.78 is 5.46. The number of hydrogen-bond donors (Lipinski definition) is 1. The third kappa shape index (κ3) is 4.78. The molecule has 1 unspecified atom stereocenters. The molecule has 17 heavy (non-hydrogen) atoms. The number of rotatable bonds is 8. The van der Waals surface area contributed by atoms with Crippen LogP contribution in [0.4, 0.5) is 0 Å². The molecule has 96 valence electrons. The van der Waals surface area contributed by atoms with Crippen LogP contribution in [-0.2, 0) is 0 Å². The fourth-order valence-electron chi connectivity index (χ4n) is 1.96. The molecule has 0 amide bonds. The largest absolute Gasteiger partial charge is 0.494 e. The first kappa shape index (κ1) is 14.0. The quantitative estimate of drug-likeness (QED) is 0.737. The fraction of sp³-hybridized carbons (Fsp3) is 0.600. The van der Waals surface area contributed by atoms with Crippen molar-refractivity contribution in [2.75, 3.05) is 13.2 Å². The second kappa shape index (κ2) is 8.13. The Hall–Kier alpha value is -1.02. The van der Waals surface area contributed by atoms with Crippen molar-refractivity contribution in [1.29, 1.82) is 0 Å². The maximum Gasteiger partial charge on any atom is 0.119 e.